The van der Waals surface area contributed by atoms with Crippen molar-refractivity contribution in [3.05, 3.63) is 66.9 Å². The second-order valence-corrected chi connectivity index (χ2v) is 6.79. The van der Waals surface area contributed by atoms with Gasteiger partial charge in [0.15, 0.2) is 5.82 Å². The van der Waals surface area contributed by atoms with Gasteiger partial charge in [-0.3, -0.25) is 4.98 Å². The van der Waals surface area contributed by atoms with Crippen molar-refractivity contribution >= 4 is 22.9 Å². The fraction of sp³-hybridized carbons (Fsp3) is 0.286. The molecule has 0 amide bonds. The third kappa shape index (κ3) is 2.13. The van der Waals surface area contributed by atoms with Gasteiger partial charge in [0.25, 0.3) is 0 Å². The molecule has 0 spiro atoms. The Morgan fingerprint density at radius 2 is 1.62 bits per heavy atom. The molecule has 0 N–H and O–H groups in total. The number of aromatic nitrogens is 3. The Hall–Kier alpha value is -2.95. The van der Waals surface area contributed by atoms with Gasteiger partial charge in [0, 0.05) is 29.2 Å². The molecule has 2 aliphatic rings. The SMILES string of the molecule is CC.CC1(C)c2ccccc2N2c3cncnc3N(c3ccncc3)C21. The van der Waals surface area contributed by atoms with Crippen LogP contribution >= 0.6 is 0 Å². The summed E-state index contributed by atoms with van der Waals surface area (Å²) in [7, 11) is 0. The van der Waals surface area contributed by atoms with E-state index >= 15 is 0 Å². The maximum Gasteiger partial charge on any atom is 0.162 e. The summed E-state index contributed by atoms with van der Waals surface area (Å²) in [5, 5.41) is 0. The fourth-order valence-electron chi connectivity index (χ4n) is 4.08. The van der Waals surface area contributed by atoms with Crippen LogP contribution in [0.2, 0.25) is 0 Å². The molecule has 3 aromatic rings. The zero-order valence-corrected chi connectivity index (χ0v) is 15.6. The molecule has 5 rings (SSSR count). The average molecular weight is 345 g/mol. The fourth-order valence-corrected chi connectivity index (χ4v) is 4.08. The molecule has 2 aliphatic heterocycles. The van der Waals surface area contributed by atoms with Crippen LogP contribution in [-0.4, -0.2) is 21.1 Å². The normalized spacial score (nSPS) is 18.5. The number of rotatable bonds is 1. The lowest BCUT2D eigenvalue weighted by Gasteiger charge is -2.36. The van der Waals surface area contributed by atoms with Gasteiger partial charge in [0.2, 0.25) is 0 Å². The molecule has 132 valence electrons. The average Bonchev–Trinajstić information content (AvgIpc) is 3.16. The maximum atomic E-state index is 4.59. The number of fused-ring (bicyclic) bond motifs is 5. The monoisotopic (exact) mass is 345 g/mol. The molecule has 5 heteroatoms. The molecule has 2 aromatic heterocycles. The zero-order valence-electron chi connectivity index (χ0n) is 15.6. The van der Waals surface area contributed by atoms with Gasteiger partial charge in [-0.05, 0) is 23.8 Å². The largest absolute Gasteiger partial charge is 0.314 e. The van der Waals surface area contributed by atoms with Crippen molar-refractivity contribution in [1.29, 1.82) is 0 Å². The summed E-state index contributed by atoms with van der Waals surface area (Å²) in [6.07, 6.45) is 7.31. The lowest BCUT2D eigenvalue weighted by Crippen LogP contribution is -2.46. The Bertz CT molecular complexity index is 907. The molecule has 0 radical (unpaired) electrons. The molecule has 5 nitrogen and oxygen atoms in total. The number of hydrogen-bond acceptors (Lipinski definition) is 5. The Morgan fingerprint density at radius 1 is 0.885 bits per heavy atom. The summed E-state index contributed by atoms with van der Waals surface area (Å²) in [6.45, 7) is 8.59. The molecule has 0 fully saturated rings. The molecule has 1 aromatic carbocycles. The minimum absolute atomic E-state index is 0.0550. The Morgan fingerprint density at radius 3 is 2.38 bits per heavy atom. The van der Waals surface area contributed by atoms with Crippen LogP contribution in [0.4, 0.5) is 22.9 Å². The Balaban J connectivity index is 0.000000814. The maximum absolute atomic E-state index is 4.59. The Kier molecular flexibility index (Phi) is 3.87. The number of pyridine rings is 1. The van der Waals surface area contributed by atoms with Gasteiger partial charge < -0.3 is 9.80 Å². The molecule has 1 unspecified atom stereocenters. The van der Waals surface area contributed by atoms with Gasteiger partial charge in [-0.25, -0.2) is 9.97 Å². The summed E-state index contributed by atoms with van der Waals surface area (Å²) >= 11 is 0. The van der Waals surface area contributed by atoms with E-state index in [4.69, 9.17) is 0 Å². The van der Waals surface area contributed by atoms with Crippen molar-refractivity contribution in [2.45, 2.75) is 39.3 Å². The zero-order chi connectivity index (χ0) is 18.3. The number of hydrogen-bond donors (Lipinski definition) is 0. The van der Waals surface area contributed by atoms with E-state index in [0.717, 1.165) is 17.2 Å². The molecule has 0 aliphatic carbocycles. The van der Waals surface area contributed by atoms with E-state index in [1.807, 2.05) is 44.6 Å². The van der Waals surface area contributed by atoms with Crippen molar-refractivity contribution in [3.8, 4) is 0 Å². The predicted molar refractivity (Wildman–Crippen MR) is 105 cm³/mol. The lowest BCUT2D eigenvalue weighted by molar-refractivity contribution is 0.450. The first-order valence-electron chi connectivity index (χ1n) is 9.07. The smallest absolute Gasteiger partial charge is 0.162 e. The number of nitrogens with zero attached hydrogens (tertiary/aromatic N) is 5. The molecular weight excluding hydrogens is 322 g/mol. The van der Waals surface area contributed by atoms with Crippen molar-refractivity contribution in [3.63, 3.8) is 0 Å². The number of anilines is 4. The highest BCUT2D eigenvalue weighted by atomic mass is 15.5. The van der Waals surface area contributed by atoms with E-state index in [1.54, 1.807) is 6.33 Å². The second kappa shape index (κ2) is 6.09. The highest BCUT2D eigenvalue weighted by Gasteiger charge is 2.54. The first-order chi connectivity index (χ1) is 12.7. The summed E-state index contributed by atoms with van der Waals surface area (Å²) < 4.78 is 0. The van der Waals surface area contributed by atoms with E-state index in [-0.39, 0.29) is 11.6 Å². The molecule has 1 atom stereocenters. The molecule has 0 saturated carbocycles. The summed E-state index contributed by atoms with van der Waals surface area (Å²) in [6, 6.07) is 12.7. The van der Waals surface area contributed by atoms with Gasteiger partial charge >= 0.3 is 0 Å². The van der Waals surface area contributed by atoms with E-state index in [2.05, 4.69) is 62.9 Å². The third-order valence-electron chi connectivity index (χ3n) is 5.09. The van der Waals surface area contributed by atoms with Gasteiger partial charge in [0.05, 0.1) is 6.20 Å². The van der Waals surface area contributed by atoms with Crippen molar-refractivity contribution in [1.82, 2.24) is 15.0 Å². The standard InChI is InChI=1S/C19H17N5.C2H6/c1-19(2)14-5-3-4-6-15(14)24-16-11-21-12-22-17(16)23(18(19)24)13-7-9-20-10-8-13;1-2/h3-12,18H,1-2H3;1-2H3. The van der Waals surface area contributed by atoms with E-state index in [1.165, 1.54) is 11.3 Å². The summed E-state index contributed by atoms with van der Waals surface area (Å²) in [5.74, 6) is 0.948. The van der Waals surface area contributed by atoms with Crippen LogP contribution in [0.15, 0.2) is 61.3 Å². The number of benzene rings is 1. The molecule has 0 saturated heterocycles. The lowest BCUT2D eigenvalue weighted by atomic mass is 9.83. The van der Waals surface area contributed by atoms with E-state index in [9.17, 15) is 0 Å². The van der Waals surface area contributed by atoms with Crippen LogP contribution in [0, 0.1) is 0 Å². The highest BCUT2D eigenvalue weighted by Crippen LogP contribution is 2.57. The van der Waals surface area contributed by atoms with Gasteiger partial charge in [0.1, 0.15) is 18.2 Å². The topological polar surface area (TPSA) is 45.2 Å². The van der Waals surface area contributed by atoms with Crippen LogP contribution < -0.4 is 9.80 Å². The summed E-state index contributed by atoms with van der Waals surface area (Å²) in [5.41, 5.74) is 4.68. The first kappa shape index (κ1) is 16.5. The van der Waals surface area contributed by atoms with Gasteiger partial charge in [-0.1, -0.05) is 45.9 Å². The van der Waals surface area contributed by atoms with Crippen LogP contribution in [0.25, 0.3) is 0 Å². The van der Waals surface area contributed by atoms with Crippen molar-refractivity contribution in [2.24, 2.45) is 0 Å². The van der Waals surface area contributed by atoms with Crippen LogP contribution in [0.5, 0.6) is 0 Å². The van der Waals surface area contributed by atoms with Crippen LogP contribution in [-0.2, 0) is 5.41 Å². The van der Waals surface area contributed by atoms with Gasteiger partial charge in [-0.2, -0.15) is 0 Å². The minimum Gasteiger partial charge on any atom is -0.314 e. The second-order valence-electron chi connectivity index (χ2n) is 6.79. The van der Waals surface area contributed by atoms with E-state index in [0.29, 0.717) is 0 Å². The predicted octanol–water partition coefficient (Wildman–Crippen LogP) is 4.80. The van der Waals surface area contributed by atoms with Gasteiger partial charge in [-0.15, -0.1) is 0 Å². The quantitative estimate of drug-likeness (QED) is 0.633. The highest BCUT2D eigenvalue weighted by molar-refractivity contribution is 5.90. The molecular formula is C21H23N5. The third-order valence-corrected chi connectivity index (χ3v) is 5.09. The molecule has 4 heterocycles. The Labute approximate surface area is 154 Å². The van der Waals surface area contributed by atoms with Crippen molar-refractivity contribution in [2.75, 3.05) is 9.80 Å². The van der Waals surface area contributed by atoms with Crippen molar-refractivity contribution < 1.29 is 0 Å². The minimum atomic E-state index is -0.0550. The summed E-state index contributed by atoms with van der Waals surface area (Å²) in [4.78, 5) is 17.7. The van der Waals surface area contributed by atoms with Crippen LogP contribution in [0.3, 0.4) is 0 Å². The number of para-hydroxylation sites is 1. The van der Waals surface area contributed by atoms with E-state index < -0.39 is 0 Å². The molecule has 26 heavy (non-hydrogen) atoms. The molecule has 0 bridgehead atoms. The first-order valence-corrected chi connectivity index (χ1v) is 9.07. The van der Waals surface area contributed by atoms with Crippen LogP contribution in [0.1, 0.15) is 33.3 Å².